The minimum atomic E-state index is -0.00421. The molecule has 1 rings (SSSR count). The monoisotopic (exact) mass is 237 g/mol. The Morgan fingerprint density at radius 1 is 1.29 bits per heavy atom. The third kappa shape index (κ3) is 6.05. The lowest BCUT2D eigenvalue weighted by Crippen LogP contribution is -2.39. The maximum atomic E-state index is 9.09. The van der Waals surface area contributed by atoms with Crippen LogP contribution in [0.2, 0.25) is 0 Å². The highest BCUT2D eigenvalue weighted by molar-refractivity contribution is 4.91. The fourth-order valence-corrected chi connectivity index (χ4v) is 2.07. The van der Waals surface area contributed by atoms with Crippen LogP contribution in [0.15, 0.2) is 0 Å². The lowest BCUT2D eigenvalue weighted by molar-refractivity contribution is 0.204. The Labute approximate surface area is 106 Å². The Balaban J connectivity index is 2.30. The van der Waals surface area contributed by atoms with Gasteiger partial charge in [-0.3, -0.25) is 5.32 Å². The molecule has 0 amide bonds. The molecule has 0 aromatic carbocycles. The van der Waals surface area contributed by atoms with Gasteiger partial charge in [-0.05, 0) is 52.9 Å². The van der Waals surface area contributed by atoms with Gasteiger partial charge in [0.1, 0.15) is 0 Å². The van der Waals surface area contributed by atoms with Gasteiger partial charge >= 0.3 is 0 Å². The second-order valence-electron chi connectivity index (χ2n) is 5.82. The van der Waals surface area contributed by atoms with E-state index < -0.39 is 0 Å². The maximum Gasteiger partial charge on any atom is 0.0967 e. The van der Waals surface area contributed by atoms with Crippen molar-refractivity contribution in [2.45, 2.75) is 65.1 Å². The molecule has 0 aliphatic heterocycles. The number of nitriles is 1. The Morgan fingerprint density at radius 3 is 2.35 bits per heavy atom. The molecule has 1 fully saturated rings. The SMILES string of the molecule is CC(C)NC(C#N)CCN(CC1CC1)C(C)C. The van der Waals surface area contributed by atoms with E-state index >= 15 is 0 Å². The molecule has 3 heteroatoms. The van der Waals surface area contributed by atoms with Crippen molar-refractivity contribution in [1.29, 1.82) is 5.26 Å². The van der Waals surface area contributed by atoms with E-state index in [1.807, 2.05) is 0 Å². The van der Waals surface area contributed by atoms with Gasteiger partial charge in [-0.25, -0.2) is 0 Å². The first-order valence-electron chi connectivity index (χ1n) is 6.92. The first kappa shape index (κ1) is 14.5. The normalized spacial score (nSPS) is 17.8. The molecule has 1 unspecified atom stereocenters. The summed E-state index contributed by atoms with van der Waals surface area (Å²) in [5.74, 6) is 0.927. The summed E-state index contributed by atoms with van der Waals surface area (Å²) in [4.78, 5) is 2.52. The first-order chi connectivity index (χ1) is 8.02. The molecule has 98 valence electrons. The standard InChI is InChI=1S/C14H27N3/c1-11(2)16-14(9-15)7-8-17(12(3)4)10-13-5-6-13/h11-14,16H,5-8,10H2,1-4H3. The average Bonchev–Trinajstić information content (AvgIpc) is 3.04. The van der Waals surface area contributed by atoms with Crippen LogP contribution in [0, 0.1) is 17.2 Å². The highest BCUT2D eigenvalue weighted by Gasteiger charge is 2.25. The van der Waals surface area contributed by atoms with Crippen molar-refractivity contribution in [3.8, 4) is 6.07 Å². The zero-order valence-corrected chi connectivity index (χ0v) is 11.7. The minimum Gasteiger partial charge on any atom is -0.301 e. The zero-order chi connectivity index (χ0) is 12.8. The van der Waals surface area contributed by atoms with E-state index in [-0.39, 0.29) is 6.04 Å². The van der Waals surface area contributed by atoms with Crippen molar-refractivity contribution in [3.05, 3.63) is 0 Å². The molecule has 1 aliphatic rings. The minimum absolute atomic E-state index is 0.00421. The number of hydrogen-bond donors (Lipinski definition) is 1. The lowest BCUT2D eigenvalue weighted by atomic mass is 10.1. The van der Waals surface area contributed by atoms with Crippen LogP contribution >= 0.6 is 0 Å². The van der Waals surface area contributed by atoms with E-state index in [9.17, 15) is 0 Å². The third-order valence-corrected chi connectivity index (χ3v) is 3.32. The third-order valence-electron chi connectivity index (χ3n) is 3.32. The number of hydrogen-bond acceptors (Lipinski definition) is 3. The Bertz CT molecular complexity index is 251. The van der Waals surface area contributed by atoms with Gasteiger partial charge in [0, 0.05) is 25.2 Å². The predicted octanol–water partition coefficient (Wildman–Crippen LogP) is 2.39. The molecule has 0 bridgehead atoms. The Hall–Kier alpha value is -0.590. The fraction of sp³-hybridized carbons (Fsp3) is 0.929. The molecule has 1 N–H and O–H groups in total. The molecule has 0 spiro atoms. The Kier molecular flexibility index (Phi) is 5.94. The van der Waals surface area contributed by atoms with Crippen LogP contribution in [-0.4, -0.2) is 36.1 Å². The number of nitrogens with one attached hydrogen (secondary N) is 1. The molecule has 1 aliphatic carbocycles. The summed E-state index contributed by atoms with van der Waals surface area (Å²) < 4.78 is 0. The van der Waals surface area contributed by atoms with Crippen molar-refractivity contribution in [3.63, 3.8) is 0 Å². The molecular weight excluding hydrogens is 210 g/mol. The summed E-state index contributed by atoms with van der Waals surface area (Å²) in [7, 11) is 0. The lowest BCUT2D eigenvalue weighted by Gasteiger charge is -2.27. The molecule has 0 aromatic rings. The van der Waals surface area contributed by atoms with Crippen molar-refractivity contribution in [2.24, 2.45) is 5.92 Å². The number of nitrogens with zero attached hydrogens (tertiary/aromatic N) is 2. The van der Waals surface area contributed by atoms with E-state index in [1.165, 1.54) is 19.4 Å². The summed E-state index contributed by atoms with van der Waals surface area (Å²) in [6, 6.07) is 3.33. The zero-order valence-electron chi connectivity index (χ0n) is 11.7. The first-order valence-corrected chi connectivity index (χ1v) is 6.92. The fourth-order valence-electron chi connectivity index (χ4n) is 2.07. The quantitative estimate of drug-likeness (QED) is 0.704. The van der Waals surface area contributed by atoms with E-state index in [1.54, 1.807) is 0 Å². The van der Waals surface area contributed by atoms with Gasteiger partial charge in [-0.1, -0.05) is 0 Å². The van der Waals surface area contributed by atoms with Gasteiger partial charge in [0.15, 0.2) is 0 Å². The van der Waals surface area contributed by atoms with Gasteiger partial charge in [-0.15, -0.1) is 0 Å². The van der Waals surface area contributed by atoms with Gasteiger partial charge in [0.05, 0.1) is 12.1 Å². The summed E-state index contributed by atoms with van der Waals surface area (Å²) in [6.45, 7) is 10.9. The molecule has 0 aromatic heterocycles. The maximum absolute atomic E-state index is 9.09. The van der Waals surface area contributed by atoms with Crippen LogP contribution in [0.1, 0.15) is 47.0 Å². The molecule has 3 nitrogen and oxygen atoms in total. The van der Waals surface area contributed by atoms with Crippen LogP contribution in [0.4, 0.5) is 0 Å². The highest BCUT2D eigenvalue weighted by Crippen LogP contribution is 2.30. The van der Waals surface area contributed by atoms with Gasteiger partial charge < -0.3 is 4.90 Å². The van der Waals surface area contributed by atoms with E-state index in [4.69, 9.17) is 5.26 Å². The van der Waals surface area contributed by atoms with Crippen molar-refractivity contribution in [1.82, 2.24) is 10.2 Å². The van der Waals surface area contributed by atoms with Crippen molar-refractivity contribution in [2.75, 3.05) is 13.1 Å². The molecule has 0 heterocycles. The molecule has 1 saturated carbocycles. The Morgan fingerprint density at radius 2 is 1.94 bits per heavy atom. The van der Waals surface area contributed by atoms with Crippen molar-refractivity contribution >= 4 is 0 Å². The second kappa shape index (κ2) is 6.98. The van der Waals surface area contributed by atoms with Crippen molar-refractivity contribution < 1.29 is 0 Å². The average molecular weight is 237 g/mol. The van der Waals surface area contributed by atoms with E-state index in [0.29, 0.717) is 12.1 Å². The van der Waals surface area contributed by atoms with Crippen LogP contribution < -0.4 is 5.32 Å². The summed E-state index contributed by atoms with van der Waals surface area (Å²) in [5.41, 5.74) is 0. The summed E-state index contributed by atoms with van der Waals surface area (Å²) in [6.07, 6.45) is 3.73. The van der Waals surface area contributed by atoms with Crippen LogP contribution in [0.5, 0.6) is 0 Å². The van der Waals surface area contributed by atoms with Gasteiger partial charge in [-0.2, -0.15) is 5.26 Å². The molecule has 17 heavy (non-hydrogen) atoms. The van der Waals surface area contributed by atoms with Crippen LogP contribution in [0.3, 0.4) is 0 Å². The topological polar surface area (TPSA) is 39.1 Å². The second-order valence-corrected chi connectivity index (χ2v) is 5.82. The highest BCUT2D eigenvalue weighted by atomic mass is 15.2. The smallest absolute Gasteiger partial charge is 0.0967 e. The number of rotatable bonds is 8. The molecule has 1 atom stereocenters. The predicted molar refractivity (Wildman–Crippen MR) is 71.7 cm³/mol. The largest absolute Gasteiger partial charge is 0.301 e. The molecular formula is C14H27N3. The van der Waals surface area contributed by atoms with Crippen LogP contribution in [0.25, 0.3) is 0 Å². The van der Waals surface area contributed by atoms with Gasteiger partial charge in [0.25, 0.3) is 0 Å². The summed E-state index contributed by atoms with van der Waals surface area (Å²) >= 11 is 0. The summed E-state index contributed by atoms with van der Waals surface area (Å²) in [5, 5.41) is 12.4. The molecule has 0 saturated heterocycles. The molecule has 0 radical (unpaired) electrons. The van der Waals surface area contributed by atoms with Crippen LogP contribution in [-0.2, 0) is 0 Å². The van der Waals surface area contributed by atoms with Gasteiger partial charge in [0.2, 0.25) is 0 Å². The van der Waals surface area contributed by atoms with E-state index in [2.05, 4.69) is 44.0 Å². The van der Waals surface area contributed by atoms with E-state index in [0.717, 1.165) is 18.9 Å².